The fourth-order valence-electron chi connectivity index (χ4n) is 2.51. The van der Waals surface area contributed by atoms with E-state index in [1.807, 2.05) is 0 Å². The zero-order valence-corrected chi connectivity index (χ0v) is 10.3. The average molecular weight is 222 g/mol. The minimum absolute atomic E-state index is 0.484. The molecule has 0 amide bonds. The average Bonchev–Trinajstić information content (AvgIpc) is 2.84. The lowest BCUT2D eigenvalue weighted by atomic mass is 10.2. The standard InChI is InChI=1S/C12H22N4/c1-3-6-15-9-10(2)14-12(15)16-7-4-5-11(16)8-13/h9,11H,3-8,13H2,1-2H3. The van der Waals surface area contributed by atoms with Gasteiger partial charge < -0.3 is 15.2 Å². The molecule has 1 aliphatic rings. The lowest BCUT2D eigenvalue weighted by Crippen LogP contribution is -2.37. The van der Waals surface area contributed by atoms with Gasteiger partial charge in [0.2, 0.25) is 5.95 Å². The number of hydrogen-bond donors (Lipinski definition) is 1. The van der Waals surface area contributed by atoms with E-state index < -0.39 is 0 Å². The van der Waals surface area contributed by atoms with Gasteiger partial charge in [-0.05, 0) is 26.2 Å². The summed E-state index contributed by atoms with van der Waals surface area (Å²) in [6.45, 7) is 7.14. The van der Waals surface area contributed by atoms with Crippen LogP contribution in [0.5, 0.6) is 0 Å². The summed E-state index contributed by atoms with van der Waals surface area (Å²) in [6, 6.07) is 0.484. The normalized spacial score (nSPS) is 20.7. The highest BCUT2D eigenvalue weighted by atomic mass is 15.3. The van der Waals surface area contributed by atoms with Crippen LogP contribution in [0.4, 0.5) is 5.95 Å². The van der Waals surface area contributed by atoms with Crippen molar-refractivity contribution in [3.8, 4) is 0 Å². The van der Waals surface area contributed by atoms with Crippen molar-refractivity contribution >= 4 is 5.95 Å². The van der Waals surface area contributed by atoms with Crippen molar-refractivity contribution in [2.24, 2.45) is 5.73 Å². The molecule has 1 aromatic heterocycles. The molecular formula is C12H22N4. The lowest BCUT2D eigenvalue weighted by molar-refractivity contribution is 0.619. The van der Waals surface area contributed by atoms with E-state index in [9.17, 15) is 0 Å². The van der Waals surface area contributed by atoms with Crippen LogP contribution in [0.1, 0.15) is 31.9 Å². The van der Waals surface area contributed by atoms with Gasteiger partial charge >= 0.3 is 0 Å². The maximum atomic E-state index is 5.81. The highest BCUT2D eigenvalue weighted by molar-refractivity contribution is 5.36. The van der Waals surface area contributed by atoms with Gasteiger partial charge in [-0.3, -0.25) is 0 Å². The van der Waals surface area contributed by atoms with Crippen LogP contribution in [0.15, 0.2) is 6.20 Å². The first-order chi connectivity index (χ1) is 7.76. The van der Waals surface area contributed by atoms with Crippen molar-refractivity contribution in [2.75, 3.05) is 18.0 Å². The Morgan fingerprint density at radius 1 is 1.56 bits per heavy atom. The molecule has 1 atom stereocenters. The molecule has 90 valence electrons. The quantitative estimate of drug-likeness (QED) is 0.840. The molecule has 0 bridgehead atoms. The number of anilines is 1. The minimum atomic E-state index is 0.484. The first kappa shape index (κ1) is 11.5. The fourth-order valence-corrected chi connectivity index (χ4v) is 2.51. The van der Waals surface area contributed by atoms with Gasteiger partial charge in [-0.1, -0.05) is 6.92 Å². The predicted octanol–water partition coefficient (Wildman–Crippen LogP) is 1.53. The molecule has 0 aliphatic carbocycles. The Morgan fingerprint density at radius 3 is 3.06 bits per heavy atom. The van der Waals surface area contributed by atoms with Crippen LogP contribution in [0.2, 0.25) is 0 Å². The molecule has 16 heavy (non-hydrogen) atoms. The first-order valence-corrected chi connectivity index (χ1v) is 6.26. The summed E-state index contributed by atoms with van der Waals surface area (Å²) < 4.78 is 2.27. The molecule has 1 aliphatic heterocycles. The third kappa shape index (κ3) is 2.07. The fraction of sp³-hybridized carbons (Fsp3) is 0.750. The van der Waals surface area contributed by atoms with Crippen molar-refractivity contribution < 1.29 is 0 Å². The molecule has 2 rings (SSSR count). The molecular weight excluding hydrogens is 200 g/mol. The highest BCUT2D eigenvalue weighted by Crippen LogP contribution is 2.24. The molecule has 1 unspecified atom stereocenters. The van der Waals surface area contributed by atoms with Gasteiger partial charge in [-0.15, -0.1) is 0 Å². The molecule has 1 aromatic rings. The number of aryl methyl sites for hydroxylation is 2. The van der Waals surface area contributed by atoms with Crippen LogP contribution in [0.25, 0.3) is 0 Å². The van der Waals surface area contributed by atoms with Crippen molar-refractivity contribution in [1.29, 1.82) is 0 Å². The Labute approximate surface area is 97.4 Å². The molecule has 0 spiro atoms. The summed E-state index contributed by atoms with van der Waals surface area (Å²) in [5.41, 5.74) is 6.92. The molecule has 4 heteroatoms. The van der Waals surface area contributed by atoms with Gasteiger partial charge in [0.1, 0.15) is 0 Å². The second-order valence-corrected chi connectivity index (χ2v) is 4.60. The number of aromatic nitrogens is 2. The van der Waals surface area contributed by atoms with Crippen molar-refractivity contribution in [3.05, 3.63) is 11.9 Å². The third-order valence-corrected chi connectivity index (χ3v) is 3.25. The predicted molar refractivity (Wildman–Crippen MR) is 66.7 cm³/mol. The van der Waals surface area contributed by atoms with Crippen molar-refractivity contribution in [3.63, 3.8) is 0 Å². The van der Waals surface area contributed by atoms with E-state index in [0.29, 0.717) is 6.04 Å². The van der Waals surface area contributed by atoms with Crippen LogP contribution in [0.3, 0.4) is 0 Å². The zero-order valence-electron chi connectivity index (χ0n) is 10.3. The molecule has 0 aromatic carbocycles. The minimum Gasteiger partial charge on any atom is -0.338 e. The molecule has 0 radical (unpaired) electrons. The van der Waals surface area contributed by atoms with E-state index in [4.69, 9.17) is 5.73 Å². The van der Waals surface area contributed by atoms with Crippen molar-refractivity contribution in [2.45, 2.75) is 45.7 Å². The van der Waals surface area contributed by atoms with Crippen LogP contribution in [-0.2, 0) is 6.54 Å². The highest BCUT2D eigenvalue weighted by Gasteiger charge is 2.26. The van der Waals surface area contributed by atoms with Gasteiger partial charge in [-0.25, -0.2) is 4.98 Å². The molecule has 1 saturated heterocycles. The molecule has 1 fully saturated rings. The van der Waals surface area contributed by atoms with E-state index in [0.717, 1.165) is 37.7 Å². The Morgan fingerprint density at radius 2 is 2.38 bits per heavy atom. The maximum absolute atomic E-state index is 5.81. The van der Waals surface area contributed by atoms with Gasteiger partial charge in [0.05, 0.1) is 5.69 Å². The van der Waals surface area contributed by atoms with Gasteiger partial charge in [0.15, 0.2) is 0 Å². The van der Waals surface area contributed by atoms with Crippen LogP contribution in [0, 0.1) is 6.92 Å². The Kier molecular flexibility index (Phi) is 3.49. The monoisotopic (exact) mass is 222 g/mol. The number of rotatable bonds is 4. The summed E-state index contributed by atoms with van der Waals surface area (Å²) in [5, 5.41) is 0. The molecule has 2 N–H and O–H groups in total. The number of imidazole rings is 1. The SMILES string of the molecule is CCCn1cc(C)nc1N1CCCC1CN. The van der Waals surface area contributed by atoms with Crippen LogP contribution >= 0.6 is 0 Å². The van der Waals surface area contributed by atoms with E-state index in [1.165, 1.54) is 12.8 Å². The molecule has 0 saturated carbocycles. The Balaban J connectivity index is 2.24. The Hall–Kier alpha value is -1.03. The summed E-state index contributed by atoms with van der Waals surface area (Å²) in [6.07, 6.45) is 5.73. The molecule has 2 heterocycles. The van der Waals surface area contributed by atoms with E-state index in [-0.39, 0.29) is 0 Å². The number of hydrogen-bond acceptors (Lipinski definition) is 3. The van der Waals surface area contributed by atoms with Crippen LogP contribution < -0.4 is 10.6 Å². The third-order valence-electron chi connectivity index (χ3n) is 3.25. The van der Waals surface area contributed by atoms with E-state index >= 15 is 0 Å². The van der Waals surface area contributed by atoms with Gasteiger partial charge in [0.25, 0.3) is 0 Å². The smallest absolute Gasteiger partial charge is 0.206 e. The largest absolute Gasteiger partial charge is 0.338 e. The van der Waals surface area contributed by atoms with Gasteiger partial charge in [-0.2, -0.15) is 0 Å². The summed E-state index contributed by atoms with van der Waals surface area (Å²) in [7, 11) is 0. The van der Waals surface area contributed by atoms with E-state index in [1.54, 1.807) is 0 Å². The summed E-state index contributed by atoms with van der Waals surface area (Å²) in [5.74, 6) is 1.12. The zero-order chi connectivity index (χ0) is 11.5. The van der Waals surface area contributed by atoms with Crippen molar-refractivity contribution in [1.82, 2.24) is 9.55 Å². The number of nitrogens with zero attached hydrogens (tertiary/aromatic N) is 3. The van der Waals surface area contributed by atoms with Crippen LogP contribution in [-0.4, -0.2) is 28.7 Å². The maximum Gasteiger partial charge on any atom is 0.206 e. The second kappa shape index (κ2) is 4.87. The summed E-state index contributed by atoms with van der Waals surface area (Å²) >= 11 is 0. The second-order valence-electron chi connectivity index (χ2n) is 4.60. The Bertz CT molecular complexity index is 345. The lowest BCUT2D eigenvalue weighted by Gasteiger charge is -2.25. The van der Waals surface area contributed by atoms with Gasteiger partial charge in [0, 0.05) is 31.9 Å². The van der Waals surface area contributed by atoms with E-state index in [2.05, 4.69) is 34.5 Å². The number of nitrogens with two attached hydrogens (primary N) is 1. The summed E-state index contributed by atoms with van der Waals surface area (Å²) in [4.78, 5) is 7.02. The molecule has 4 nitrogen and oxygen atoms in total. The first-order valence-electron chi connectivity index (χ1n) is 6.26. The topological polar surface area (TPSA) is 47.1 Å².